The Bertz CT molecular complexity index is 1660. The summed E-state index contributed by atoms with van der Waals surface area (Å²) in [5.41, 5.74) is -1.21. The van der Waals surface area contributed by atoms with Crippen molar-refractivity contribution < 1.29 is 125 Å². The third-order valence-electron chi connectivity index (χ3n) is 11.0. The van der Waals surface area contributed by atoms with Crippen LogP contribution >= 0.6 is 0 Å². The number of carbonyl (C=O) groups excluding carboxylic acids is 5. The summed E-state index contributed by atoms with van der Waals surface area (Å²) in [4.78, 5) is 48.6. The molecule has 5 N–H and O–H groups in total. The smallest absolute Gasteiger partial charge is 0.419 e. The van der Waals surface area contributed by atoms with Gasteiger partial charge in [0.2, 0.25) is 0 Å². The standard InChI is InChI=1S/C13H20O6.C9H14O5.C8H14O3.C6H12O3.C6H14O3.C5H10Si.C4H9.CO2.CH4.Li/c1-4-13(6-14)7-16-10(17-8-13)5-12(3)9(2)18-11(15)19-12;1-6-9(2,14-8(10)13-6)5-7(11-3)12-4;1-5-8(2,9)6-7(10-3)11-4;1-5(7)4-6(8-2)9-3;1-2-6(3-7,4-8)5-9;1-5-6(2,3)4;1-3-4-2;2-1-3;;/h10,14H,2,4-8H2,1,3H3;7H,1,5H2,2-4H3;1,7,9H,6H2,2-4H3;6H,4H2,1-3H3;7-9H,2-5H2,1H3;1H,2-4H3;1,3-4H2,2H3;;1H4;/q;;;;;;-1;;;+1. The second-order valence-corrected chi connectivity index (χ2v) is 23.4. The molecule has 24 heteroatoms. The zero-order chi connectivity index (χ0) is 59.7. The van der Waals surface area contributed by atoms with Crippen molar-refractivity contribution in [2.24, 2.45) is 10.8 Å². The number of hydrogen-bond acceptors (Lipinski definition) is 22. The van der Waals surface area contributed by atoms with Gasteiger partial charge in [-0.15, -0.1) is 18.4 Å². The van der Waals surface area contributed by atoms with E-state index in [0.717, 1.165) is 12.8 Å². The predicted molar refractivity (Wildman–Crippen MR) is 286 cm³/mol. The quantitative estimate of drug-likeness (QED) is 0.0361. The van der Waals surface area contributed by atoms with Gasteiger partial charge in [0.05, 0.1) is 46.1 Å². The molecule has 0 aromatic carbocycles. The molecular weight excluding hydrogens is 1020 g/mol. The Morgan fingerprint density at radius 3 is 1.38 bits per heavy atom. The predicted octanol–water partition coefficient (Wildman–Crippen LogP) is 3.51. The minimum Gasteiger partial charge on any atom is -0.419 e. The monoisotopic (exact) mass is 1120 g/mol. The molecule has 446 valence electrons. The van der Waals surface area contributed by atoms with E-state index in [1.807, 2.05) is 13.8 Å². The van der Waals surface area contributed by atoms with Gasteiger partial charge in [0.15, 0.2) is 36.4 Å². The molecule has 3 saturated heterocycles. The fourth-order valence-electron chi connectivity index (χ4n) is 4.93. The van der Waals surface area contributed by atoms with Crippen molar-refractivity contribution in [1.82, 2.24) is 0 Å². The average Bonchev–Trinajstić information content (AvgIpc) is 3.80. The number of rotatable bonds is 21. The first-order valence-electron chi connectivity index (χ1n) is 23.8. The Kier molecular flexibility index (Phi) is 53.7. The first-order valence-corrected chi connectivity index (χ1v) is 27.3. The minimum absolute atomic E-state index is 0. The van der Waals surface area contributed by atoms with Crippen LogP contribution < -0.4 is 18.9 Å². The summed E-state index contributed by atoms with van der Waals surface area (Å²) in [7, 11) is 7.94. The van der Waals surface area contributed by atoms with Crippen molar-refractivity contribution in [2.45, 2.75) is 169 Å². The summed E-state index contributed by atoms with van der Waals surface area (Å²) in [6, 6.07) is 0. The molecule has 3 rings (SSSR count). The topological polar surface area (TPSA) is 297 Å². The number of aliphatic hydroxyl groups is 5. The number of methoxy groups -OCH3 is 6. The molecule has 0 amide bonds. The van der Waals surface area contributed by atoms with Crippen LogP contribution in [0.15, 0.2) is 24.7 Å². The molecule has 3 heterocycles. The zero-order valence-corrected chi connectivity index (χ0v) is 49.7. The van der Waals surface area contributed by atoms with E-state index in [9.17, 15) is 24.6 Å². The Morgan fingerprint density at radius 1 is 0.805 bits per heavy atom. The van der Waals surface area contributed by atoms with Gasteiger partial charge in [-0.1, -0.05) is 73.3 Å². The van der Waals surface area contributed by atoms with Gasteiger partial charge in [-0.3, -0.25) is 4.79 Å². The molecule has 0 aromatic heterocycles. The molecule has 0 radical (unpaired) electrons. The fourth-order valence-corrected chi connectivity index (χ4v) is 4.93. The molecule has 3 aliphatic rings. The van der Waals surface area contributed by atoms with E-state index >= 15 is 0 Å². The Labute approximate surface area is 473 Å². The maximum atomic E-state index is 11.1. The number of unbranched alkanes of at least 4 members (excludes halogenated alkanes) is 1. The van der Waals surface area contributed by atoms with Gasteiger partial charge < -0.3 is 89.3 Å². The molecule has 3 unspecified atom stereocenters. The van der Waals surface area contributed by atoms with Crippen LogP contribution in [-0.2, 0) is 71.2 Å². The number of terminal acetylenes is 2. The van der Waals surface area contributed by atoms with Crippen LogP contribution in [0.5, 0.6) is 0 Å². The number of cyclic esters (lactones) is 4. The van der Waals surface area contributed by atoms with Crippen LogP contribution in [0, 0.1) is 42.1 Å². The van der Waals surface area contributed by atoms with Crippen LogP contribution in [0.4, 0.5) is 9.59 Å². The summed E-state index contributed by atoms with van der Waals surface area (Å²) in [5.74, 6) is 2.85. The summed E-state index contributed by atoms with van der Waals surface area (Å²) in [5, 5.41) is 44.7. The second-order valence-electron chi connectivity index (χ2n) is 18.6. The van der Waals surface area contributed by atoms with Crippen LogP contribution in [0.1, 0.15) is 107 Å². The van der Waals surface area contributed by atoms with E-state index in [1.165, 1.54) is 62.9 Å². The number of aliphatic hydroxyl groups excluding tert-OH is 4. The molecule has 3 atom stereocenters. The maximum absolute atomic E-state index is 11.1. The first-order chi connectivity index (χ1) is 34.8. The molecule has 0 spiro atoms. The molecular formula is C53H97LiO22Si. The number of carbonyl (C=O) groups is 3. The molecule has 77 heavy (non-hydrogen) atoms. The van der Waals surface area contributed by atoms with Gasteiger partial charge in [-0.25, -0.2) is 9.59 Å². The van der Waals surface area contributed by atoms with E-state index in [0.29, 0.717) is 38.9 Å². The van der Waals surface area contributed by atoms with Crippen molar-refractivity contribution >= 4 is 32.3 Å². The Hall–Kier alpha value is -3.52. The number of Topliss-reactive ketones (excluding diaryl/α,β-unsaturated/α-hetero) is 1. The Morgan fingerprint density at radius 2 is 1.17 bits per heavy atom. The number of hydrogen-bond donors (Lipinski definition) is 5. The summed E-state index contributed by atoms with van der Waals surface area (Å²) >= 11 is 0. The number of ketones is 1. The fraction of sp³-hybridized carbons (Fsp3) is 0.755. The van der Waals surface area contributed by atoms with Crippen LogP contribution in [0.25, 0.3) is 0 Å². The second kappa shape index (κ2) is 47.3. The third-order valence-corrected chi connectivity index (χ3v) is 11.9. The average molecular weight is 1120 g/mol. The first kappa shape index (κ1) is 87.3. The molecule has 0 aliphatic carbocycles. The normalized spacial score (nSPS) is 20.6. The van der Waals surface area contributed by atoms with Gasteiger partial charge in [-0.05, 0) is 40.5 Å². The third kappa shape index (κ3) is 40.3. The largest absolute Gasteiger partial charge is 1.00 e. The zero-order valence-electron chi connectivity index (χ0n) is 48.7. The number of ether oxygens (including phenoxy) is 12. The van der Waals surface area contributed by atoms with Crippen molar-refractivity contribution in [1.29, 1.82) is 0 Å². The van der Waals surface area contributed by atoms with Crippen LogP contribution in [0.2, 0.25) is 19.6 Å². The van der Waals surface area contributed by atoms with E-state index in [2.05, 4.69) is 58.1 Å². The van der Waals surface area contributed by atoms with E-state index in [4.69, 9.17) is 94.6 Å². The molecule has 0 bridgehead atoms. The van der Waals surface area contributed by atoms with E-state index < -0.39 is 61.5 Å². The molecule has 3 aliphatic heterocycles. The van der Waals surface area contributed by atoms with E-state index in [1.54, 1.807) is 13.8 Å². The summed E-state index contributed by atoms with van der Waals surface area (Å²) in [6.07, 6.45) is 12.1. The van der Waals surface area contributed by atoms with Gasteiger partial charge in [0, 0.05) is 72.8 Å². The van der Waals surface area contributed by atoms with Gasteiger partial charge >= 0.3 is 37.3 Å². The van der Waals surface area contributed by atoms with Gasteiger partial charge in [0.25, 0.3) is 0 Å². The molecule has 3 fully saturated rings. The molecule has 22 nitrogen and oxygen atoms in total. The molecule has 0 aromatic rings. The van der Waals surface area contributed by atoms with Crippen molar-refractivity contribution in [2.75, 3.05) is 82.3 Å². The van der Waals surface area contributed by atoms with E-state index in [-0.39, 0.29) is 94.3 Å². The maximum Gasteiger partial charge on any atom is 1.00 e. The summed E-state index contributed by atoms with van der Waals surface area (Å²) < 4.78 is 60.1. The van der Waals surface area contributed by atoms with Crippen molar-refractivity contribution in [3.63, 3.8) is 0 Å². The SMILES string of the molecule is C.C#CC(C)(O)CC(OC)OC.C#C[Si](C)(C)C.C=C1OC(=O)OC1(C)CC(OC)OC.C=C1OC(=O)OC1(C)CC1OCC(CC)(CO)CO1.CCC(CO)(CO)CO.COC(CC(C)=O)OC.O=C=O.[CH2-]CCC.[Li+]. The van der Waals surface area contributed by atoms with Crippen molar-refractivity contribution in [3.05, 3.63) is 31.6 Å². The Balaban J connectivity index is -0.000000153. The van der Waals surface area contributed by atoms with Gasteiger partial charge in [-0.2, -0.15) is 16.0 Å². The van der Waals surface area contributed by atoms with Gasteiger partial charge in [0.1, 0.15) is 31.0 Å². The van der Waals surface area contributed by atoms with Crippen LogP contribution in [-0.4, -0.2) is 182 Å². The molecule has 0 saturated carbocycles. The van der Waals surface area contributed by atoms with Crippen molar-refractivity contribution in [3.8, 4) is 24.3 Å². The minimum atomic E-state index is -1.16. The summed E-state index contributed by atoms with van der Waals surface area (Å²) in [6.45, 7) is 30.1. The van der Waals surface area contributed by atoms with Crippen LogP contribution in [0.3, 0.4) is 0 Å².